The fourth-order valence-electron chi connectivity index (χ4n) is 3.13. The Bertz CT molecular complexity index is 393. The van der Waals surface area contributed by atoms with E-state index in [0.29, 0.717) is 11.7 Å². The molecule has 3 rings (SSSR count). The summed E-state index contributed by atoms with van der Waals surface area (Å²) in [7, 11) is 0. The standard InChI is InChI=1S/C11H14IN3/c12-9-5-14-11(15-10(9)13)8-4-6-1-2-7(8)3-6/h5-8H,1-4H2,(H2,13,14,15). The Morgan fingerprint density at radius 2 is 2.20 bits per heavy atom. The molecule has 3 nitrogen and oxygen atoms in total. The van der Waals surface area contributed by atoms with Crippen LogP contribution in [0.2, 0.25) is 0 Å². The van der Waals surface area contributed by atoms with Gasteiger partial charge in [0.05, 0.1) is 3.57 Å². The summed E-state index contributed by atoms with van der Waals surface area (Å²) in [6, 6.07) is 0. The summed E-state index contributed by atoms with van der Waals surface area (Å²) in [5.74, 6) is 3.98. The normalized spacial score (nSPS) is 33.5. The second-order valence-corrected chi connectivity index (χ2v) is 5.90. The topological polar surface area (TPSA) is 51.8 Å². The van der Waals surface area contributed by atoms with Crippen molar-refractivity contribution in [3.05, 3.63) is 15.6 Å². The molecule has 0 aliphatic heterocycles. The number of nitrogen functional groups attached to an aromatic ring is 1. The van der Waals surface area contributed by atoms with Gasteiger partial charge in [-0.05, 0) is 53.7 Å². The van der Waals surface area contributed by atoms with Crippen molar-refractivity contribution in [2.75, 3.05) is 5.73 Å². The molecule has 80 valence electrons. The summed E-state index contributed by atoms with van der Waals surface area (Å²) in [4.78, 5) is 8.87. The first kappa shape index (κ1) is 9.81. The van der Waals surface area contributed by atoms with E-state index >= 15 is 0 Å². The molecule has 1 heterocycles. The lowest BCUT2D eigenvalue weighted by Gasteiger charge is -2.20. The molecule has 0 amide bonds. The van der Waals surface area contributed by atoms with Crippen molar-refractivity contribution >= 4 is 28.4 Å². The van der Waals surface area contributed by atoms with Crippen LogP contribution in [-0.4, -0.2) is 9.97 Å². The maximum absolute atomic E-state index is 5.83. The molecule has 0 aromatic carbocycles. The first-order valence-electron chi connectivity index (χ1n) is 5.52. The van der Waals surface area contributed by atoms with Crippen molar-refractivity contribution in [3.8, 4) is 0 Å². The molecule has 2 aliphatic rings. The molecule has 15 heavy (non-hydrogen) atoms. The van der Waals surface area contributed by atoms with Crippen molar-refractivity contribution < 1.29 is 0 Å². The Balaban J connectivity index is 1.90. The molecule has 1 aromatic heterocycles. The minimum Gasteiger partial charge on any atom is -0.383 e. The average molecular weight is 315 g/mol. The lowest BCUT2D eigenvalue weighted by atomic mass is 9.88. The van der Waals surface area contributed by atoms with Crippen LogP contribution in [-0.2, 0) is 0 Å². The van der Waals surface area contributed by atoms with Crippen LogP contribution in [0.25, 0.3) is 0 Å². The summed E-state index contributed by atoms with van der Waals surface area (Å²) in [6.07, 6.45) is 7.31. The lowest BCUT2D eigenvalue weighted by molar-refractivity contribution is 0.405. The van der Waals surface area contributed by atoms with Crippen molar-refractivity contribution in [2.24, 2.45) is 11.8 Å². The number of anilines is 1. The van der Waals surface area contributed by atoms with Crippen LogP contribution < -0.4 is 5.73 Å². The Morgan fingerprint density at radius 1 is 1.33 bits per heavy atom. The second kappa shape index (κ2) is 3.57. The molecule has 1 aromatic rings. The first-order chi connectivity index (χ1) is 7.24. The predicted octanol–water partition coefficient (Wildman–Crippen LogP) is 2.57. The van der Waals surface area contributed by atoms with E-state index < -0.39 is 0 Å². The maximum atomic E-state index is 5.83. The van der Waals surface area contributed by atoms with E-state index in [1.807, 2.05) is 6.20 Å². The number of fused-ring (bicyclic) bond motifs is 2. The summed E-state index contributed by atoms with van der Waals surface area (Å²) >= 11 is 2.18. The van der Waals surface area contributed by atoms with E-state index in [0.717, 1.165) is 21.2 Å². The van der Waals surface area contributed by atoms with Crippen LogP contribution in [0.5, 0.6) is 0 Å². The number of nitrogens with two attached hydrogens (primary N) is 1. The number of hydrogen-bond donors (Lipinski definition) is 1. The highest BCUT2D eigenvalue weighted by molar-refractivity contribution is 14.1. The number of halogens is 1. The van der Waals surface area contributed by atoms with Gasteiger partial charge in [0.1, 0.15) is 11.6 Å². The third kappa shape index (κ3) is 1.62. The minimum atomic E-state index is 0.586. The smallest absolute Gasteiger partial charge is 0.140 e. The Kier molecular flexibility index (Phi) is 2.34. The Morgan fingerprint density at radius 3 is 2.80 bits per heavy atom. The van der Waals surface area contributed by atoms with Gasteiger partial charge in [0.15, 0.2) is 0 Å². The van der Waals surface area contributed by atoms with Crippen LogP contribution >= 0.6 is 22.6 Å². The van der Waals surface area contributed by atoms with Crippen molar-refractivity contribution in [3.63, 3.8) is 0 Å². The van der Waals surface area contributed by atoms with Crippen LogP contribution in [0.3, 0.4) is 0 Å². The number of hydrogen-bond acceptors (Lipinski definition) is 3. The van der Waals surface area contributed by atoms with E-state index in [-0.39, 0.29) is 0 Å². The van der Waals surface area contributed by atoms with E-state index in [2.05, 4.69) is 32.6 Å². The van der Waals surface area contributed by atoms with Gasteiger partial charge >= 0.3 is 0 Å². The first-order valence-corrected chi connectivity index (χ1v) is 6.60. The van der Waals surface area contributed by atoms with Gasteiger partial charge in [0, 0.05) is 12.1 Å². The summed E-state index contributed by atoms with van der Waals surface area (Å²) in [5.41, 5.74) is 5.83. The molecule has 2 aliphatic carbocycles. The molecule has 3 atom stereocenters. The zero-order chi connectivity index (χ0) is 10.4. The Hall–Kier alpha value is -0.390. The zero-order valence-corrected chi connectivity index (χ0v) is 10.6. The molecule has 2 fully saturated rings. The zero-order valence-electron chi connectivity index (χ0n) is 8.49. The fourth-order valence-corrected chi connectivity index (χ4v) is 3.39. The monoisotopic (exact) mass is 315 g/mol. The molecule has 4 heteroatoms. The number of nitrogens with zero attached hydrogens (tertiary/aromatic N) is 2. The molecule has 2 bridgehead atoms. The quantitative estimate of drug-likeness (QED) is 0.811. The predicted molar refractivity (Wildman–Crippen MR) is 67.4 cm³/mol. The van der Waals surface area contributed by atoms with Crippen molar-refractivity contribution in [1.29, 1.82) is 0 Å². The maximum Gasteiger partial charge on any atom is 0.140 e. The van der Waals surface area contributed by atoms with Gasteiger partial charge in [-0.15, -0.1) is 0 Å². The number of aromatic nitrogens is 2. The largest absolute Gasteiger partial charge is 0.383 e. The highest BCUT2D eigenvalue weighted by atomic mass is 127. The third-order valence-corrected chi connectivity index (χ3v) is 4.69. The molecular weight excluding hydrogens is 301 g/mol. The molecular formula is C11H14IN3. The van der Waals surface area contributed by atoms with Gasteiger partial charge in [-0.1, -0.05) is 6.42 Å². The minimum absolute atomic E-state index is 0.586. The SMILES string of the molecule is Nc1nc(C2CC3CCC2C3)ncc1I. The lowest BCUT2D eigenvalue weighted by Crippen LogP contribution is -2.13. The number of rotatable bonds is 1. The summed E-state index contributed by atoms with van der Waals surface area (Å²) in [5, 5.41) is 0. The van der Waals surface area contributed by atoms with Crippen LogP contribution in [0.1, 0.15) is 37.4 Å². The van der Waals surface area contributed by atoms with E-state index in [9.17, 15) is 0 Å². The fraction of sp³-hybridized carbons (Fsp3) is 0.636. The molecule has 3 unspecified atom stereocenters. The Labute approximate surface area is 103 Å². The molecule has 2 N–H and O–H groups in total. The average Bonchev–Trinajstić information content (AvgIpc) is 2.83. The molecule has 2 saturated carbocycles. The molecule has 0 radical (unpaired) electrons. The van der Waals surface area contributed by atoms with Gasteiger partial charge in [0.2, 0.25) is 0 Å². The second-order valence-electron chi connectivity index (χ2n) is 4.74. The van der Waals surface area contributed by atoms with Gasteiger partial charge < -0.3 is 5.73 Å². The van der Waals surface area contributed by atoms with Gasteiger partial charge in [-0.3, -0.25) is 0 Å². The van der Waals surface area contributed by atoms with E-state index in [1.54, 1.807) is 0 Å². The van der Waals surface area contributed by atoms with Gasteiger partial charge in [-0.2, -0.15) is 0 Å². The third-order valence-electron chi connectivity index (χ3n) is 3.86. The van der Waals surface area contributed by atoms with Crippen molar-refractivity contribution in [1.82, 2.24) is 9.97 Å². The highest BCUT2D eigenvalue weighted by Gasteiger charge is 2.41. The van der Waals surface area contributed by atoms with Gasteiger partial charge in [0.25, 0.3) is 0 Å². The van der Waals surface area contributed by atoms with E-state index in [4.69, 9.17) is 5.73 Å². The highest BCUT2D eigenvalue weighted by Crippen LogP contribution is 2.52. The van der Waals surface area contributed by atoms with Crippen molar-refractivity contribution in [2.45, 2.75) is 31.6 Å². The van der Waals surface area contributed by atoms with Crippen LogP contribution in [0.4, 0.5) is 5.82 Å². The summed E-state index contributed by atoms with van der Waals surface area (Å²) in [6.45, 7) is 0. The van der Waals surface area contributed by atoms with E-state index in [1.165, 1.54) is 25.7 Å². The van der Waals surface area contributed by atoms with Crippen LogP contribution in [0.15, 0.2) is 6.20 Å². The molecule has 0 saturated heterocycles. The molecule has 0 spiro atoms. The van der Waals surface area contributed by atoms with Crippen LogP contribution in [0, 0.1) is 15.4 Å². The van der Waals surface area contributed by atoms with Gasteiger partial charge in [-0.25, -0.2) is 9.97 Å². The summed E-state index contributed by atoms with van der Waals surface area (Å²) < 4.78 is 0.958.